The molecule has 0 radical (unpaired) electrons. The Hall–Kier alpha value is -3.61. The number of fused-ring (bicyclic) bond motifs is 2. The Morgan fingerprint density at radius 2 is 1.96 bits per heavy atom. The lowest BCUT2D eigenvalue weighted by molar-refractivity contribution is 0.248. The van der Waals surface area contributed by atoms with E-state index in [0.29, 0.717) is 17.0 Å². The number of primary amides is 1. The fraction of sp³-hybridized carbons (Fsp3) is 0. The number of nitrogens with zero attached hydrogens (tertiary/aromatic N) is 2. The molecule has 0 fully saturated rings. The number of imidazole rings is 1. The Balaban J connectivity index is 1.99. The fourth-order valence-electron chi connectivity index (χ4n) is 2.51. The van der Waals surface area contributed by atoms with Crippen molar-refractivity contribution in [3.8, 4) is 11.4 Å². The highest BCUT2D eigenvalue weighted by atomic mass is 16.3. The van der Waals surface area contributed by atoms with E-state index in [4.69, 9.17) is 10.2 Å². The average molecular weight is 319 g/mol. The molecular weight excluding hydrogens is 306 g/mol. The van der Waals surface area contributed by atoms with Gasteiger partial charge in [0.25, 0.3) is 0 Å². The van der Waals surface area contributed by atoms with Gasteiger partial charge in [0.2, 0.25) is 5.55 Å². The maximum absolute atomic E-state index is 11.0. The van der Waals surface area contributed by atoms with Gasteiger partial charge in [0.1, 0.15) is 11.4 Å². The number of urea groups is 1. The van der Waals surface area contributed by atoms with Crippen molar-refractivity contribution >= 4 is 28.0 Å². The molecule has 2 aromatic carbocycles. The molecule has 0 saturated heterocycles. The number of nitrogens with two attached hydrogens (primary N) is 1. The third-order valence-electron chi connectivity index (χ3n) is 3.57. The molecule has 2 heterocycles. The Morgan fingerprint density at radius 3 is 2.79 bits per heavy atom. The number of H-pyrrole nitrogens is 1. The molecule has 0 spiro atoms. The van der Waals surface area contributed by atoms with Gasteiger partial charge in [0.15, 0.2) is 0 Å². The van der Waals surface area contributed by atoms with Crippen LogP contribution in [0.25, 0.3) is 33.4 Å². The summed E-state index contributed by atoms with van der Waals surface area (Å²) in [5.74, 6) is 0.593. The first kappa shape index (κ1) is 14.0. The minimum absolute atomic E-state index is 0.214. The molecule has 4 N–H and O–H groups in total. The highest BCUT2D eigenvalue weighted by Crippen LogP contribution is 2.21. The van der Waals surface area contributed by atoms with Crippen LogP contribution in [0.3, 0.4) is 0 Å². The monoisotopic (exact) mass is 319 g/mol. The fourth-order valence-corrected chi connectivity index (χ4v) is 2.51. The predicted molar refractivity (Wildman–Crippen MR) is 89.6 cm³/mol. The van der Waals surface area contributed by atoms with Crippen LogP contribution in [0.2, 0.25) is 0 Å². The summed E-state index contributed by atoms with van der Waals surface area (Å²) in [5, 5.41) is 4.85. The first-order valence-electron chi connectivity index (χ1n) is 7.28. The van der Waals surface area contributed by atoms with Gasteiger partial charge in [-0.05, 0) is 24.3 Å². The summed E-state index contributed by atoms with van der Waals surface area (Å²) >= 11 is 0. The molecule has 0 saturated carbocycles. The van der Waals surface area contributed by atoms with E-state index in [-0.39, 0.29) is 5.55 Å². The van der Waals surface area contributed by atoms with Crippen LogP contribution in [0.1, 0.15) is 0 Å². The standard InChI is InChI=1S/C17H13N5O2/c18-17(23)22-21-16-11(9-10-5-1-4-8-14(10)24-16)15-19-12-6-2-3-7-13(12)20-15/h1-9H,(H,19,20)(H3,18,22,23)/b21-16-. The van der Waals surface area contributed by atoms with Gasteiger partial charge >= 0.3 is 6.03 Å². The summed E-state index contributed by atoms with van der Waals surface area (Å²) < 4.78 is 5.80. The van der Waals surface area contributed by atoms with Crippen molar-refractivity contribution in [3.63, 3.8) is 0 Å². The van der Waals surface area contributed by atoms with Crippen molar-refractivity contribution in [3.05, 3.63) is 60.2 Å². The molecule has 24 heavy (non-hydrogen) atoms. The summed E-state index contributed by atoms with van der Waals surface area (Å²) in [5.41, 5.74) is 10.5. The number of hydrogen-bond donors (Lipinski definition) is 3. The number of amides is 2. The predicted octanol–water partition coefficient (Wildman–Crippen LogP) is 2.46. The van der Waals surface area contributed by atoms with E-state index < -0.39 is 6.03 Å². The van der Waals surface area contributed by atoms with Crippen LogP contribution >= 0.6 is 0 Å². The molecular formula is C17H13N5O2. The van der Waals surface area contributed by atoms with E-state index in [1.54, 1.807) is 0 Å². The molecule has 7 nitrogen and oxygen atoms in total. The van der Waals surface area contributed by atoms with E-state index in [1.807, 2.05) is 54.6 Å². The molecule has 0 atom stereocenters. The minimum atomic E-state index is -0.770. The second-order valence-corrected chi connectivity index (χ2v) is 5.19. The first-order chi connectivity index (χ1) is 11.7. The number of benzene rings is 2. The van der Waals surface area contributed by atoms with E-state index >= 15 is 0 Å². The molecule has 0 aliphatic heterocycles. The molecule has 2 amide bonds. The van der Waals surface area contributed by atoms with Gasteiger partial charge in [-0.2, -0.15) is 0 Å². The molecule has 0 aliphatic rings. The summed E-state index contributed by atoms with van der Waals surface area (Å²) in [6, 6.07) is 16.3. The van der Waals surface area contributed by atoms with E-state index in [1.165, 1.54) is 0 Å². The Kier molecular flexibility index (Phi) is 3.24. The third kappa shape index (κ3) is 2.48. The summed E-state index contributed by atoms with van der Waals surface area (Å²) in [4.78, 5) is 18.8. The average Bonchev–Trinajstić information content (AvgIpc) is 3.03. The Labute approximate surface area is 135 Å². The lowest BCUT2D eigenvalue weighted by Crippen LogP contribution is -2.27. The lowest BCUT2D eigenvalue weighted by Gasteiger charge is -2.02. The topological polar surface area (TPSA) is 109 Å². The highest BCUT2D eigenvalue weighted by molar-refractivity contribution is 5.83. The Morgan fingerprint density at radius 1 is 1.17 bits per heavy atom. The summed E-state index contributed by atoms with van der Waals surface area (Å²) in [6.45, 7) is 0. The van der Waals surface area contributed by atoms with Crippen LogP contribution in [-0.2, 0) is 0 Å². The van der Waals surface area contributed by atoms with Crippen molar-refractivity contribution < 1.29 is 9.21 Å². The zero-order valence-electron chi connectivity index (χ0n) is 12.5. The van der Waals surface area contributed by atoms with E-state index in [0.717, 1.165) is 16.4 Å². The van der Waals surface area contributed by atoms with Crippen molar-refractivity contribution in [1.82, 2.24) is 15.4 Å². The molecule has 0 bridgehead atoms. The van der Waals surface area contributed by atoms with Crippen LogP contribution in [0, 0.1) is 0 Å². The molecule has 0 aliphatic carbocycles. The van der Waals surface area contributed by atoms with Gasteiger partial charge in [-0.15, -0.1) is 5.10 Å². The zero-order valence-corrected chi connectivity index (χ0v) is 12.5. The number of para-hydroxylation sites is 3. The largest absolute Gasteiger partial charge is 0.436 e. The van der Waals surface area contributed by atoms with Crippen molar-refractivity contribution in [1.29, 1.82) is 0 Å². The molecule has 0 unspecified atom stereocenters. The third-order valence-corrected chi connectivity index (χ3v) is 3.57. The van der Waals surface area contributed by atoms with Gasteiger partial charge in [-0.3, -0.25) is 0 Å². The molecule has 4 rings (SSSR count). The van der Waals surface area contributed by atoms with Gasteiger partial charge < -0.3 is 15.1 Å². The van der Waals surface area contributed by atoms with Crippen LogP contribution in [-0.4, -0.2) is 16.0 Å². The number of aromatic nitrogens is 2. The number of nitrogens with one attached hydrogen (secondary N) is 2. The molecule has 4 aromatic rings. The lowest BCUT2D eigenvalue weighted by atomic mass is 10.2. The minimum Gasteiger partial charge on any atom is -0.436 e. The van der Waals surface area contributed by atoms with Gasteiger partial charge in [-0.1, -0.05) is 30.3 Å². The smallest absolute Gasteiger partial charge is 0.332 e. The Bertz CT molecular complexity index is 1090. The van der Waals surface area contributed by atoms with Gasteiger partial charge in [0, 0.05) is 5.39 Å². The molecule has 118 valence electrons. The number of hydrogen-bond acceptors (Lipinski definition) is 4. The number of aromatic amines is 1. The van der Waals surface area contributed by atoms with Crippen molar-refractivity contribution in [2.24, 2.45) is 10.8 Å². The zero-order chi connectivity index (χ0) is 16.5. The van der Waals surface area contributed by atoms with Crippen molar-refractivity contribution in [2.75, 3.05) is 0 Å². The second-order valence-electron chi connectivity index (χ2n) is 5.19. The van der Waals surface area contributed by atoms with Crippen LogP contribution in [0.4, 0.5) is 4.79 Å². The summed E-state index contributed by atoms with van der Waals surface area (Å²) in [6.07, 6.45) is 0. The van der Waals surface area contributed by atoms with Crippen LogP contribution < -0.4 is 16.7 Å². The maximum Gasteiger partial charge on any atom is 0.332 e. The van der Waals surface area contributed by atoms with Crippen molar-refractivity contribution in [2.45, 2.75) is 0 Å². The van der Waals surface area contributed by atoms with E-state index in [9.17, 15) is 4.79 Å². The number of carbonyl (C=O) groups excluding carboxylic acids is 1. The molecule has 7 heteroatoms. The highest BCUT2D eigenvalue weighted by Gasteiger charge is 2.11. The quantitative estimate of drug-likeness (QED) is 0.494. The van der Waals surface area contributed by atoms with Crippen LogP contribution in [0.5, 0.6) is 0 Å². The normalized spacial score (nSPS) is 11.9. The molecule has 2 aromatic heterocycles. The SMILES string of the molecule is NC(=O)N/N=c1\oc2ccccc2cc1-c1nc2ccccc2[nH]1. The first-order valence-corrected chi connectivity index (χ1v) is 7.28. The van der Waals surface area contributed by atoms with Gasteiger partial charge in [-0.25, -0.2) is 15.2 Å². The summed E-state index contributed by atoms with van der Waals surface area (Å²) in [7, 11) is 0. The number of rotatable bonds is 2. The maximum atomic E-state index is 11.0. The van der Waals surface area contributed by atoms with Gasteiger partial charge in [0.05, 0.1) is 16.6 Å². The second kappa shape index (κ2) is 5.54. The van der Waals surface area contributed by atoms with Crippen LogP contribution in [0.15, 0.2) is 64.1 Å². The number of carbonyl (C=O) groups is 1. The van der Waals surface area contributed by atoms with E-state index in [2.05, 4.69) is 20.5 Å².